The molecule has 1 saturated carbocycles. The van der Waals surface area contributed by atoms with E-state index in [-0.39, 0.29) is 5.92 Å². The first-order valence-corrected chi connectivity index (χ1v) is 6.63. The molecule has 0 N–H and O–H groups in total. The molecule has 1 aliphatic rings. The van der Waals surface area contributed by atoms with Crippen LogP contribution in [0.4, 0.5) is 0 Å². The standard InChI is InChI=1S/C17H16O2/c18-12-13-9-15(10-13)14-5-4-8-17(11-14)19-16-6-2-1-3-7-16/h1-8,11-13,15H,9-10H2/t13-,15-. The Labute approximate surface area is 113 Å². The van der Waals surface area contributed by atoms with E-state index in [1.165, 1.54) is 5.56 Å². The fourth-order valence-corrected chi connectivity index (χ4v) is 2.50. The van der Waals surface area contributed by atoms with Crippen molar-refractivity contribution in [2.75, 3.05) is 0 Å². The minimum absolute atomic E-state index is 0.253. The Hall–Kier alpha value is -2.09. The lowest BCUT2D eigenvalue weighted by molar-refractivity contribution is -0.113. The summed E-state index contributed by atoms with van der Waals surface area (Å²) in [6.45, 7) is 0. The lowest BCUT2D eigenvalue weighted by atomic mass is 9.72. The summed E-state index contributed by atoms with van der Waals surface area (Å²) in [5, 5.41) is 0. The van der Waals surface area contributed by atoms with Crippen LogP contribution in [0.3, 0.4) is 0 Å². The third-order valence-electron chi connectivity index (χ3n) is 3.68. The van der Waals surface area contributed by atoms with Gasteiger partial charge >= 0.3 is 0 Å². The molecule has 1 aliphatic carbocycles. The Kier molecular flexibility index (Phi) is 3.32. The van der Waals surface area contributed by atoms with Gasteiger partial charge in [0.1, 0.15) is 17.8 Å². The van der Waals surface area contributed by atoms with Crippen molar-refractivity contribution in [3.8, 4) is 11.5 Å². The first-order chi connectivity index (χ1) is 9.35. The van der Waals surface area contributed by atoms with E-state index in [4.69, 9.17) is 4.74 Å². The Bertz CT molecular complexity index is 556. The first-order valence-electron chi connectivity index (χ1n) is 6.63. The maximum atomic E-state index is 10.6. The van der Waals surface area contributed by atoms with E-state index in [0.29, 0.717) is 5.92 Å². The highest BCUT2D eigenvalue weighted by Gasteiger charge is 2.29. The van der Waals surface area contributed by atoms with Gasteiger partial charge in [-0.15, -0.1) is 0 Å². The maximum absolute atomic E-state index is 10.6. The van der Waals surface area contributed by atoms with E-state index in [1.54, 1.807) is 0 Å². The van der Waals surface area contributed by atoms with Gasteiger partial charge in [0.25, 0.3) is 0 Å². The van der Waals surface area contributed by atoms with Gasteiger partial charge in [0, 0.05) is 5.92 Å². The van der Waals surface area contributed by atoms with Gasteiger partial charge in [-0.1, -0.05) is 30.3 Å². The van der Waals surface area contributed by atoms with Gasteiger partial charge in [0.05, 0.1) is 0 Å². The van der Waals surface area contributed by atoms with Gasteiger partial charge in [0.2, 0.25) is 0 Å². The number of carbonyl (C=O) groups excluding carboxylic acids is 1. The van der Waals surface area contributed by atoms with E-state index >= 15 is 0 Å². The van der Waals surface area contributed by atoms with Crippen LogP contribution in [0.1, 0.15) is 24.3 Å². The second kappa shape index (κ2) is 5.27. The highest BCUT2D eigenvalue weighted by atomic mass is 16.5. The SMILES string of the molecule is O=C[C@H]1C[C@H](c2cccc(Oc3ccccc3)c2)C1. The van der Waals surface area contributed by atoms with Gasteiger partial charge < -0.3 is 9.53 Å². The summed E-state index contributed by atoms with van der Waals surface area (Å²) in [6, 6.07) is 17.9. The van der Waals surface area contributed by atoms with Crippen LogP contribution in [0.2, 0.25) is 0 Å². The zero-order chi connectivity index (χ0) is 13.1. The largest absolute Gasteiger partial charge is 0.457 e. The summed E-state index contributed by atoms with van der Waals surface area (Å²) in [7, 11) is 0. The van der Waals surface area contributed by atoms with Gasteiger partial charge in [-0.2, -0.15) is 0 Å². The average molecular weight is 252 g/mol. The molecule has 0 unspecified atom stereocenters. The number of benzene rings is 2. The summed E-state index contributed by atoms with van der Waals surface area (Å²) in [6.07, 6.45) is 3.01. The van der Waals surface area contributed by atoms with Crippen molar-refractivity contribution in [3.63, 3.8) is 0 Å². The zero-order valence-corrected chi connectivity index (χ0v) is 10.7. The topological polar surface area (TPSA) is 26.3 Å². The molecular weight excluding hydrogens is 236 g/mol. The Morgan fingerprint density at radius 1 is 0.947 bits per heavy atom. The normalized spacial score (nSPS) is 21.5. The maximum Gasteiger partial charge on any atom is 0.127 e. The van der Waals surface area contributed by atoms with Crippen molar-refractivity contribution in [1.29, 1.82) is 0 Å². The van der Waals surface area contributed by atoms with Crippen LogP contribution in [0, 0.1) is 5.92 Å². The molecule has 0 aromatic heterocycles. The van der Waals surface area contributed by atoms with Crippen LogP contribution in [0.25, 0.3) is 0 Å². The molecule has 19 heavy (non-hydrogen) atoms. The lowest BCUT2D eigenvalue weighted by Gasteiger charge is -2.32. The molecule has 2 aromatic carbocycles. The number of carbonyl (C=O) groups is 1. The number of para-hydroxylation sites is 1. The van der Waals surface area contributed by atoms with Crippen molar-refractivity contribution in [2.24, 2.45) is 5.92 Å². The quantitative estimate of drug-likeness (QED) is 0.763. The highest BCUT2D eigenvalue weighted by molar-refractivity contribution is 5.56. The van der Waals surface area contributed by atoms with Crippen LogP contribution in [0.5, 0.6) is 11.5 Å². The van der Waals surface area contributed by atoms with Crippen molar-refractivity contribution < 1.29 is 9.53 Å². The van der Waals surface area contributed by atoms with Gasteiger partial charge in [-0.05, 0) is 48.6 Å². The van der Waals surface area contributed by atoms with Crippen LogP contribution in [-0.4, -0.2) is 6.29 Å². The summed E-state index contributed by atoms with van der Waals surface area (Å²) in [5.41, 5.74) is 1.27. The molecule has 0 aliphatic heterocycles. The van der Waals surface area contributed by atoms with E-state index in [9.17, 15) is 4.79 Å². The third-order valence-corrected chi connectivity index (χ3v) is 3.68. The molecule has 0 spiro atoms. The molecule has 96 valence electrons. The van der Waals surface area contributed by atoms with Crippen LogP contribution in [0.15, 0.2) is 54.6 Å². The van der Waals surface area contributed by atoms with E-state index < -0.39 is 0 Å². The summed E-state index contributed by atoms with van der Waals surface area (Å²) < 4.78 is 5.82. The molecule has 0 atom stereocenters. The predicted molar refractivity (Wildman–Crippen MR) is 74.5 cm³/mol. The Balaban J connectivity index is 1.72. The zero-order valence-electron chi connectivity index (χ0n) is 10.7. The van der Waals surface area contributed by atoms with Crippen LogP contribution in [-0.2, 0) is 4.79 Å². The fraction of sp³-hybridized carbons (Fsp3) is 0.235. The molecule has 0 saturated heterocycles. The molecule has 1 fully saturated rings. The van der Waals surface area contributed by atoms with E-state index in [0.717, 1.165) is 30.6 Å². The molecule has 0 bridgehead atoms. The number of rotatable bonds is 4. The van der Waals surface area contributed by atoms with Crippen LogP contribution >= 0.6 is 0 Å². The molecule has 2 heteroatoms. The van der Waals surface area contributed by atoms with Crippen molar-refractivity contribution >= 4 is 6.29 Å². The molecule has 2 aromatic rings. The predicted octanol–water partition coefficient (Wildman–Crippen LogP) is 4.17. The van der Waals surface area contributed by atoms with Crippen molar-refractivity contribution in [2.45, 2.75) is 18.8 Å². The summed E-state index contributed by atoms with van der Waals surface area (Å²) in [5.74, 6) is 2.47. The van der Waals surface area contributed by atoms with Crippen molar-refractivity contribution in [1.82, 2.24) is 0 Å². The average Bonchev–Trinajstić information content (AvgIpc) is 2.39. The molecule has 0 amide bonds. The number of hydrogen-bond donors (Lipinski definition) is 0. The molecule has 0 heterocycles. The van der Waals surface area contributed by atoms with E-state index in [2.05, 4.69) is 12.1 Å². The van der Waals surface area contributed by atoms with E-state index in [1.807, 2.05) is 42.5 Å². The monoisotopic (exact) mass is 252 g/mol. The number of hydrogen-bond acceptors (Lipinski definition) is 2. The third kappa shape index (κ3) is 2.68. The Morgan fingerprint density at radius 2 is 1.68 bits per heavy atom. The fourth-order valence-electron chi connectivity index (χ4n) is 2.50. The van der Waals surface area contributed by atoms with Crippen molar-refractivity contribution in [3.05, 3.63) is 60.2 Å². The second-order valence-corrected chi connectivity index (χ2v) is 5.05. The molecular formula is C17H16O2. The second-order valence-electron chi connectivity index (χ2n) is 5.05. The minimum atomic E-state index is 0.253. The van der Waals surface area contributed by atoms with Gasteiger partial charge in [-0.3, -0.25) is 0 Å². The molecule has 2 nitrogen and oxygen atoms in total. The van der Waals surface area contributed by atoms with Gasteiger partial charge in [0.15, 0.2) is 0 Å². The molecule has 0 radical (unpaired) electrons. The summed E-state index contributed by atoms with van der Waals surface area (Å²) >= 11 is 0. The summed E-state index contributed by atoms with van der Waals surface area (Å²) in [4.78, 5) is 10.6. The molecule has 3 rings (SSSR count). The highest BCUT2D eigenvalue weighted by Crippen LogP contribution is 2.41. The van der Waals surface area contributed by atoms with Crippen LogP contribution < -0.4 is 4.74 Å². The minimum Gasteiger partial charge on any atom is -0.457 e. The first kappa shape index (κ1) is 12.0. The lowest BCUT2D eigenvalue weighted by Crippen LogP contribution is -2.22. The smallest absolute Gasteiger partial charge is 0.127 e. The Morgan fingerprint density at radius 3 is 2.42 bits per heavy atom. The number of ether oxygens (including phenoxy) is 1. The van der Waals surface area contributed by atoms with Gasteiger partial charge in [-0.25, -0.2) is 0 Å². The number of aldehydes is 1.